The van der Waals surface area contributed by atoms with Gasteiger partial charge in [0.1, 0.15) is 5.75 Å². The van der Waals surface area contributed by atoms with Crippen LogP contribution in [-0.4, -0.2) is 5.11 Å². The van der Waals surface area contributed by atoms with E-state index < -0.39 is 0 Å². The van der Waals surface area contributed by atoms with E-state index in [9.17, 15) is 5.11 Å². The van der Waals surface area contributed by atoms with Crippen LogP contribution in [0.3, 0.4) is 0 Å². The van der Waals surface area contributed by atoms with E-state index in [1.54, 1.807) is 0 Å². The van der Waals surface area contributed by atoms with E-state index in [2.05, 4.69) is 12.1 Å². The number of phenolic OH excluding ortho intramolecular Hbond substituents is 1. The summed E-state index contributed by atoms with van der Waals surface area (Å²) in [5.74, 6) is 1.30. The molecule has 0 bridgehead atoms. The van der Waals surface area contributed by atoms with Gasteiger partial charge in [-0.2, -0.15) is 0 Å². The van der Waals surface area contributed by atoms with E-state index >= 15 is 0 Å². The van der Waals surface area contributed by atoms with Crippen molar-refractivity contribution >= 4 is 0 Å². The lowest BCUT2D eigenvalue weighted by molar-refractivity contribution is 0.356. The topological polar surface area (TPSA) is 20.2 Å². The maximum Gasteiger partial charge on any atom is 0.118 e. The van der Waals surface area contributed by atoms with Crippen LogP contribution >= 0.6 is 0 Å². The molecule has 1 aliphatic rings. The second kappa shape index (κ2) is 4.69. The van der Waals surface area contributed by atoms with Gasteiger partial charge in [-0.3, -0.25) is 0 Å². The highest BCUT2D eigenvalue weighted by Crippen LogP contribution is 2.28. The van der Waals surface area contributed by atoms with Gasteiger partial charge in [0.05, 0.1) is 0 Å². The van der Waals surface area contributed by atoms with Crippen LogP contribution in [0.1, 0.15) is 43.2 Å². The van der Waals surface area contributed by atoms with E-state index in [1.807, 2.05) is 13.0 Å². The Morgan fingerprint density at radius 1 is 1.20 bits per heavy atom. The van der Waals surface area contributed by atoms with Crippen LogP contribution in [0, 0.1) is 12.8 Å². The zero-order chi connectivity index (χ0) is 10.7. The molecule has 1 N–H and O–H groups in total. The van der Waals surface area contributed by atoms with Crippen LogP contribution in [0.4, 0.5) is 0 Å². The van der Waals surface area contributed by atoms with Gasteiger partial charge in [0, 0.05) is 0 Å². The van der Waals surface area contributed by atoms with Gasteiger partial charge in [0.2, 0.25) is 0 Å². The summed E-state index contributed by atoms with van der Waals surface area (Å²) in [5, 5.41) is 9.45. The average Bonchev–Trinajstić information content (AvgIpc) is 2.25. The third-order valence-electron chi connectivity index (χ3n) is 3.51. The standard InChI is InChI=1S/C14H20O/c1-11-9-13(7-8-14(11)15)10-12-5-3-2-4-6-12/h7-9,12,15H,2-6,10H2,1H3. The Kier molecular flexibility index (Phi) is 3.30. The molecule has 0 amide bonds. The van der Waals surface area contributed by atoms with Crippen LogP contribution in [0.2, 0.25) is 0 Å². The first-order valence-corrected chi connectivity index (χ1v) is 6.04. The maximum atomic E-state index is 9.45. The molecule has 1 aromatic carbocycles. The third kappa shape index (κ3) is 2.74. The molecular weight excluding hydrogens is 184 g/mol. The number of aromatic hydroxyl groups is 1. The SMILES string of the molecule is Cc1cc(CC2CCCCC2)ccc1O. The van der Waals surface area contributed by atoms with Gasteiger partial charge in [-0.15, -0.1) is 0 Å². The molecule has 1 saturated carbocycles. The summed E-state index contributed by atoms with van der Waals surface area (Å²) in [6.07, 6.45) is 8.20. The first kappa shape index (κ1) is 10.5. The minimum atomic E-state index is 0.419. The van der Waals surface area contributed by atoms with Gasteiger partial charge in [0.15, 0.2) is 0 Å². The molecule has 2 rings (SSSR count). The molecule has 0 saturated heterocycles. The summed E-state index contributed by atoms with van der Waals surface area (Å²) < 4.78 is 0. The maximum absolute atomic E-state index is 9.45. The molecule has 1 aromatic rings. The molecule has 0 atom stereocenters. The second-order valence-corrected chi connectivity index (χ2v) is 4.83. The summed E-state index contributed by atoms with van der Waals surface area (Å²) in [6.45, 7) is 1.97. The Morgan fingerprint density at radius 3 is 2.60 bits per heavy atom. The molecule has 82 valence electrons. The molecule has 1 heteroatoms. The third-order valence-corrected chi connectivity index (χ3v) is 3.51. The van der Waals surface area contributed by atoms with Crippen molar-refractivity contribution < 1.29 is 5.11 Å². The van der Waals surface area contributed by atoms with Crippen molar-refractivity contribution in [3.63, 3.8) is 0 Å². The molecule has 0 aromatic heterocycles. The van der Waals surface area contributed by atoms with Gasteiger partial charge in [-0.25, -0.2) is 0 Å². The second-order valence-electron chi connectivity index (χ2n) is 4.83. The van der Waals surface area contributed by atoms with Crippen molar-refractivity contribution in [1.29, 1.82) is 0 Å². The van der Waals surface area contributed by atoms with Crippen molar-refractivity contribution in [1.82, 2.24) is 0 Å². The van der Waals surface area contributed by atoms with E-state index in [4.69, 9.17) is 0 Å². The number of hydrogen-bond acceptors (Lipinski definition) is 1. The van der Waals surface area contributed by atoms with Gasteiger partial charge < -0.3 is 5.11 Å². The minimum absolute atomic E-state index is 0.419. The number of aryl methyl sites for hydroxylation is 1. The molecule has 0 spiro atoms. The van der Waals surface area contributed by atoms with Crippen LogP contribution in [0.25, 0.3) is 0 Å². The van der Waals surface area contributed by atoms with E-state index in [1.165, 1.54) is 44.1 Å². The number of phenols is 1. The fraction of sp³-hybridized carbons (Fsp3) is 0.571. The molecular formula is C14H20O. The van der Waals surface area contributed by atoms with Crippen LogP contribution in [-0.2, 0) is 6.42 Å². The Morgan fingerprint density at radius 2 is 1.93 bits per heavy atom. The molecule has 15 heavy (non-hydrogen) atoms. The molecule has 0 unspecified atom stereocenters. The molecule has 0 heterocycles. The zero-order valence-electron chi connectivity index (χ0n) is 9.50. The normalized spacial score (nSPS) is 17.9. The predicted molar refractivity (Wildman–Crippen MR) is 63.1 cm³/mol. The molecule has 0 radical (unpaired) electrons. The van der Waals surface area contributed by atoms with Crippen LogP contribution in [0.15, 0.2) is 18.2 Å². The quantitative estimate of drug-likeness (QED) is 0.776. The van der Waals surface area contributed by atoms with Crippen LogP contribution in [0.5, 0.6) is 5.75 Å². The molecule has 1 nitrogen and oxygen atoms in total. The minimum Gasteiger partial charge on any atom is -0.508 e. The molecule has 1 aliphatic carbocycles. The first-order valence-electron chi connectivity index (χ1n) is 6.04. The Balaban J connectivity index is 2.00. The van der Waals surface area contributed by atoms with Crippen molar-refractivity contribution in [2.24, 2.45) is 5.92 Å². The lowest BCUT2D eigenvalue weighted by atomic mass is 9.84. The first-order chi connectivity index (χ1) is 7.25. The van der Waals surface area contributed by atoms with Crippen molar-refractivity contribution in [3.8, 4) is 5.75 Å². The van der Waals surface area contributed by atoms with Gasteiger partial charge >= 0.3 is 0 Å². The Labute approximate surface area is 92.1 Å². The number of benzene rings is 1. The Bertz CT molecular complexity index is 324. The fourth-order valence-electron chi connectivity index (χ4n) is 2.57. The summed E-state index contributed by atoms with van der Waals surface area (Å²) in [7, 11) is 0. The van der Waals surface area contributed by atoms with Crippen LogP contribution < -0.4 is 0 Å². The van der Waals surface area contributed by atoms with E-state index in [0.717, 1.165) is 11.5 Å². The number of hydrogen-bond donors (Lipinski definition) is 1. The highest BCUT2D eigenvalue weighted by atomic mass is 16.3. The van der Waals surface area contributed by atoms with Crippen molar-refractivity contribution in [2.45, 2.75) is 45.4 Å². The predicted octanol–water partition coefficient (Wildman–Crippen LogP) is 3.82. The smallest absolute Gasteiger partial charge is 0.118 e. The highest BCUT2D eigenvalue weighted by molar-refractivity contribution is 5.35. The average molecular weight is 204 g/mol. The summed E-state index contributed by atoms with van der Waals surface area (Å²) in [5.41, 5.74) is 2.39. The summed E-state index contributed by atoms with van der Waals surface area (Å²) >= 11 is 0. The molecule has 0 aliphatic heterocycles. The monoisotopic (exact) mass is 204 g/mol. The van der Waals surface area contributed by atoms with Gasteiger partial charge in [0.25, 0.3) is 0 Å². The summed E-state index contributed by atoms with van der Waals surface area (Å²) in [6, 6.07) is 6.02. The molecule has 1 fully saturated rings. The Hall–Kier alpha value is -0.980. The van der Waals surface area contributed by atoms with Crippen molar-refractivity contribution in [2.75, 3.05) is 0 Å². The summed E-state index contributed by atoms with van der Waals surface area (Å²) in [4.78, 5) is 0. The lowest BCUT2D eigenvalue weighted by Crippen LogP contribution is -2.09. The zero-order valence-corrected chi connectivity index (χ0v) is 9.50. The highest BCUT2D eigenvalue weighted by Gasteiger charge is 2.13. The fourth-order valence-corrected chi connectivity index (χ4v) is 2.57. The van der Waals surface area contributed by atoms with Gasteiger partial charge in [-0.1, -0.05) is 44.2 Å². The van der Waals surface area contributed by atoms with Gasteiger partial charge in [-0.05, 0) is 36.5 Å². The number of rotatable bonds is 2. The van der Waals surface area contributed by atoms with E-state index in [-0.39, 0.29) is 0 Å². The van der Waals surface area contributed by atoms with Crippen molar-refractivity contribution in [3.05, 3.63) is 29.3 Å². The largest absolute Gasteiger partial charge is 0.508 e. The lowest BCUT2D eigenvalue weighted by Gasteiger charge is -2.21. The van der Waals surface area contributed by atoms with E-state index in [0.29, 0.717) is 5.75 Å².